The lowest BCUT2D eigenvalue weighted by atomic mass is 10.2. The number of para-hydroxylation sites is 1. The second kappa shape index (κ2) is 8.86. The number of hydrogen-bond acceptors (Lipinski definition) is 4. The van der Waals surface area contributed by atoms with E-state index in [2.05, 4.69) is 17.2 Å². The maximum atomic E-state index is 12.8. The first kappa shape index (κ1) is 19.2. The van der Waals surface area contributed by atoms with Crippen LogP contribution in [0.5, 0.6) is 0 Å². The minimum Gasteiger partial charge on any atom is -0.325 e. The van der Waals surface area contributed by atoms with Crippen molar-refractivity contribution >= 4 is 34.3 Å². The quantitative estimate of drug-likeness (QED) is 0.491. The van der Waals surface area contributed by atoms with Gasteiger partial charge < -0.3 is 5.32 Å². The number of thioether (sulfide) groups is 1. The Morgan fingerprint density at radius 1 is 1.19 bits per heavy atom. The second-order valence-electron chi connectivity index (χ2n) is 6.43. The number of aryl methyl sites for hydroxylation is 1. The molecular formula is C21H23N3O2S. The molecule has 0 fully saturated rings. The van der Waals surface area contributed by atoms with Crippen molar-refractivity contribution in [2.45, 2.75) is 38.4 Å². The number of hydrogen-bond donors (Lipinski definition) is 1. The summed E-state index contributed by atoms with van der Waals surface area (Å²) < 4.78 is 1.69. The lowest BCUT2D eigenvalue weighted by Gasteiger charge is -2.13. The average molecular weight is 382 g/mol. The van der Waals surface area contributed by atoms with Crippen LogP contribution in [0.4, 0.5) is 5.69 Å². The van der Waals surface area contributed by atoms with Gasteiger partial charge in [0.15, 0.2) is 5.16 Å². The van der Waals surface area contributed by atoms with Gasteiger partial charge in [0.25, 0.3) is 5.56 Å². The Hall–Kier alpha value is -2.60. The first-order valence-electron chi connectivity index (χ1n) is 9.07. The highest BCUT2D eigenvalue weighted by Gasteiger charge is 2.13. The predicted octanol–water partition coefficient (Wildman–Crippen LogP) is 4.24. The van der Waals surface area contributed by atoms with Crippen LogP contribution < -0.4 is 10.9 Å². The van der Waals surface area contributed by atoms with Gasteiger partial charge >= 0.3 is 0 Å². The molecule has 0 aliphatic carbocycles. The highest BCUT2D eigenvalue weighted by molar-refractivity contribution is 7.99. The smallest absolute Gasteiger partial charge is 0.262 e. The zero-order valence-electron chi connectivity index (χ0n) is 15.6. The van der Waals surface area contributed by atoms with E-state index < -0.39 is 0 Å². The molecule has 3 aromatic rings. The maximum absolute atomic E-state index is 12.8. The van der Waals surface area contributed by atoms with E-state index in [0.717, 1.165) is 24.1 Å². The molecule has 0 spiro atoms. The van der Waals surface area contributed by atoms with E-state index in [0.29, 0.717) is 22.6 Å². The number of unbranched alkanes of at least 4 members (excludes halogenated alkanes) is 1. The largest absolute Gasteiger partial charge is 0.325 e. The number of amides is 1. The Bertz CT molecular complexity index is 1010. The molecule has 0 unspecified atom stereocenters. The SMILES string of the molecule is CCCCn1c(SCC(=O)Nc2cccc(C)c2)nc2ccccc2c1=O. The van der Waals surface area contributed by atoms with Crippen LogP contribution in [0, 0.1) is 6.92 Å². The highest BCUT2D eigenvalue weighted by Crippen LogP contribution is 2.19. The molecule has 5 nitrogen and oxygen atoms in total. The molecule has 3 rings (SSSR count). The number of nitrogens with zero attached hydrogens (tertiary/aromatic N) is 2. The van der Waals surface area contributed by atoms with E-state index in [1.165, 1.54) is 11.8 Å². The molecule has 0 aliphatic heterocycles. The number of aromatic nitrogens is 2. The minimum absolute atomic E-state index is 0.0457. The zero-order chi connectivity index (χ0) is 19.2. The number of carbonyl (C=O) groups excluding carboxylic acids is 1. The minimum atomic E-state index is -0.116. The summed E-state index contributed by atoms with van der Waals surface area (Å²) >= 11 is 1.30. The summed E-state index contributed by atoms with van der Waals surface area (Å²) in [6.45, 7) is 4.67. The lowest BCUT2D eigenvalue weighted by molar-refractivity contribution is -0.113. The van der Waals surface area contributed by atoms with Crippen LogP contribution in [0.1, 0.15) is 25.3 Å². The lowest BCUT2D eigenvalue weighted by Crippen LogP contribution is -2.24. The van der Waals surface area contributed by atoms with Crippen molar-refractivity contribution in [2.75, 3.05) is 11.1 Å². The summed E-state index contributed by atoms with van der Waals surface area (Å²) in [6.07, 6.45) is 1.88. The van der Waals surface area contributed by atoms with Crippen molar-refractivity contribution < 1.29 is 4.79 Å². The molecule has 0 saturated carbocycles. The van der Waals surface area contributed by atoms with Gasteiger partial charge in [-0.05, 0) is 43.2 Å². The molecule has 0 radical (unpaired) electrons. The topological polar surface area (TPSA) is 64.0 Å². The van der Waals surface area contributed by atoms with Gasteiger partial charge in [-0.1, -0.05) is 49.4 Å². The second-order valence-corrected chi connectivity index (χ2v) is 7.37. The fraction of sp³-hybridized carbons (Fsp3) is 0.286. The van der Waals surface area contributed by atoms with Crippen LogP contribution in [0.15, 0.2) is 58.5 Å². The first-order valence-corrected chi connectivity index (χ1v) is 10.1. The van der Waals surface area contributed by atoms with Crippen molar-refractivity contribution in [1.82, 2.24) is 9.55 Å². The summed E-state index contributed by atoms with van der Waals surface area (Å²) in [5.74, 6) is 0.0836. The van der Waals surface area contributed by atoms with Crippen LogP contribution in [-0.2, 0) is 11.3 Å². The van der Waals surface area contributed by atoms with Crippen LogP contribution in [0.3, 0.4) is 0 Å². The Morgan fingerprint density at radius 3 is 2.78 bits per heavy atom. The third kappa shape index (κ3) is 4.77. The Balaban J connectivity index is 1.80. The van der Waals surface area contributed by atoms with Crippen LogP contribution in [-0.4, -0.2) is 21.2 Å². The molecule has 1 N–H and O–H groups in total. The normalized spacial score (nSPS) is 10.9. The summed E-state index contributed by atoms with van der Waals surface area (Å²) in [4.78, 5) is 29.8. The third-order valence-corrected chi connectivity index (χ3v) is 5.17. The summed E-state index contributed by atoms with van der Waals surface area (Å²) in [5, 5.41) is 4.09. The fourth-order valence-electron chi connectivity index (χ4n) is 2.82. The summed E-state index contributed by atoms with van der Waals surface area (Å²) in [5.41, 5.74) is 2.48. The van der Waals surface area contributed by atoms with Gasteiger partial charge in [-0.2, -0.15) is 0 Å². The number of nitrogens with one attached hydrogen (secondary N) is 1. The molecule has 27 heavy (non-hydrogen) atoms. The van der Waals surface area contributed by atoms with E-state index >= 15 is 0 Å². The molecule has 0 bridgehead atoms. The number of fused-ring (bicyclic) bond motifs is 1. The highest BCUT2D eigenvalue weighted by atomic mass is 32.2. The van der Waals surface area contributed by atoms with Gasteiger partial charge in [0, 0.05) is 12.2 Å². The standard InChI is InChI=1S/C21H23N3O2S/c1-3-4-12-24-20(26)17-10-5-6-11-18(17)23-21(24)27-14-19(25)22-16-9-7-8-15(2)13-16/h5-11,13H,3-4,12,14H2,1-2H3,(H,22,25). The number of carbonyl (C=O) groups is 1. The maximum Gasteiger partial charge on any atom is 0.262 e. The first-order chi connectivity index (χ1) is 13.1. The zero-order valence-corrected chi connectivity index (χ0v) is 16.4. The molecule has 140 valence electrons. The van der Waals surface area contributed by atoms with Gasteiger partial charge in [0.1, 0.15) is 0 Å². The average Bonchev–Trinajstić information content (AvgIpc) is 2.66. The van der Waals surface area contributed by atoms with Gasteiger partial charge in [0.05, 0.1) is 16.7 Å². The predicted molar refractivity (Wildman–Crippen MR) is 111 cm³/mol. The third-order valence-electron chi connectivity index (χ3n) is 4.20. The molecular weight excluding hydrogens is 358 g/mol. The Morgan fingerprint density at radius 2 is 2.00 bits per heavy atom. The van der Waals surface area contributed by atoms with E-state index in [9.17, 15) is 9.59 Å². The summed E-state index contributed by atoms with van der Waals surface area (Å²) in [6, 6.07) is 15.0. The van der Waals surface area contributed by atoms with Crippen molar-refractivity contribution in [3.8, 4) is 0 Å². The van der Waals surface area contributed by atoms with Gasteiger partial charge in [-0.15, -0.1) is 0 Å². The van der Waals surface area contributed by atoms with Crippen LogP contribution >= 0.6 is 11.8 Å². The van der Waals surface area contributed by atoms with Gasteiger partial charge in [0.2, 0.25) is 5.91 Å². The number of rotatable bonds is 7. The Labute approximate surface area is 162 Å². The molecule has 0 saturated heterocycles. The summed E-state index contributed by atoms with van der Waals surface area (Å²) in [7, 11) is 0. The van der Waals surface area contributed by atoms with Crippen molar-refractivity contribution in [3.05, 3.63) is 64.4 Å². The number of anilines is 1. The van der Waals surface area contributed by atoms with Gasteiger partial charge in [-0.25, -0.2) is 4.98 Å². The van der Waals surface area contributed by atoms with Crippen molar-refractivity contribution in [3.63, 3.8) is 0 Å². The molecule has 1 heterocycles. The molecule has 0 atom stereocenters. The van der Waals surface area contributed by atoms with Gasteiger partial charge in [-0.3, -0.25) is 14.2 Å². The van der Waals surface area contributed by atoms with E-state index in [1.54, 1.807) is 10.6 Å². The van der Waals surface area contributed by atoms with Crippen molar-refractivity contribution in [2.24, 2.45) is 0 Å². The molecule has 6 heteroatoms. The molecule has 0 aliphatic rings. The fourth-order valence-corrected chi connectivity index (χ4v) is 3.65. The van der Waals surface area contributed by atoms with Crippen molar-refractivity contribution in [1.29, 1.82) is 0 Å². The monoisotopic (exact) mass is 381 g/mol. The van der Waals surface area contributed by atoms with E-state index in [-0.39, 0.29) is 17.2 Å². The van der Waals surface area contributed by atoms with E-state index in [4.69, 9.17) is 0 Å². The molecule has 1 aromatic heterocycles. The molecule has 1 amide bonds. The Kier molecular flexibility index (Phi) is 6.29. The number of benzene rings is 2. The molecule has 2 aromatic carbocycles. The van der Waals surface area contributed by atoms with Crippen LogP contribution in [0.25, 0.3) is 10.9 Å². The van der Waals surface area contributed by atoms with Crippen LogP contribution in [0.2, 0.25) is 0 Å². The van der Waals surface area contributed by atoms with E-state index in [1.807, 2.05) is 49.4 Å².